The van der Waals surface area contributed by atoms with Crippen molar-refractivity contribution in [1.82, 2.24) is 0 Å². The van der Waals surface area contributed by atoms with Gasteiger partial charge in [-0.15, -0.1) is 0 Å². The summed E-state index contributed by atoms with van der Waals surface area (Å²) in [6, 6.07) is 0. The predicted octanol–water partition coefficient (Wildman–Crippen LogP) is 3.42. The van der Waals surface area contributed by atoms with Gasteiger partial charge in [0.25, 0.3) is 0 Å². The van der Waals surface area contributed by atoms with Crippen LogP contribution in [0, 0.1) is 0 Å². The molecule has 1 rings (SSSR count). The molecule has 0 saturated heterocycles. The van der Waals surface area contributed by atoms with Gasteiger partial charge in [0, 0.05) is 0 Å². The van der Waals surface area contributed by atoms with Crippen molar-refractivity contribution in [2.75, 3.05) is 26.4 Å². The Kier molecular flexibility index (Phi) is 12.7. The maximum atomic E-state index is 9.91. The van der Waals surface area contributed by atoms with Crippen LogP contribution < -0.4 is 0 Å². The Hall–Kier alpha value is 0.320. The van der Waals surface area contributed by atoms with Crippen molar-refractivity contribution < 1.29 is 19.7 Å². The molecule has 0 aliphatic heterocycles. The molecule has 0 aromatic heterocycles. The van der Waals surface area contributed by atoms with Gasteiger partial charge in [0.05, 0.1) is 37.4 Å². The van der Waals surface area contributed by atoms with Crippen LogP contribution in [0.3, 0.4) is 0 Å². The molecule has 1 aliphatic rings. The zero-order valence-electron chi connectivity index (χ0n) is 13.7. The van der Waals surface area contributed by atoms with Gasteiger partial charge in [-0.25, -0.2) is 0 Å². The van der Waals surface area contributed by atoms with E-state index in [0.29, 0.717) is 13.2 Å². The van der Waals surface area contributed by atoms with E-state index in [-0.39, 0.29) is 24.1 Å². The number of hydrogen-bond acceptors (Lipinski definition) is 4. The van der Waals surface area contributed by atoms with Crippen LogP contribution in [0.4, 0.5) is 0 Å². The largest absolute Gasteiger partial charge is 0.395 e. The molecule has 132 valence electrons. The zero-order valence-corrected chi connectivity index (χ0v) is 15.3. The van der Waals surface area contributed by atoms with Crippen molar-refractivity contribution in [3.63, 3.8) is 0 Å². The summed E-state index contributed by atoms with van der Waals surface area (Å²) in [5.74, 6) is 0. The topological polar surface area (TPSA) is 58.9 Å². The minimum absolute atomic E-state index is 0.0364. The fourth-order valence-electron chi connectivity index (χ4n) is 2.80. The Morgan fingerprint density at radius 3 is 1.95 bits per heavy atom. The Balaban J connectivity index is 2.15. The van der Waals surface area contributed by atoms with Crippen molar-refractivity contribution in [2.24, 2.45) is 0 Å². The van der Waals surface area contributed by atoms with Gasteiger partial charge in [-0.05, 0) is 12.8 Å². The lowest BCUT2D eigenvalue weighted by Gasteiger charge is -2.20. The average molecular weight is 381 g/mol. The van der Waals surface area contributed by atoms with E-state index in [2.05, 4.69) is 15.9 Å². The SMILES string of the molecule is OCC(Br)COCC(O)COC1CCCCCCCCCC1. The molecule has 2 atom stereocenters. The van der Waals surface area contributed by atoms with Gasteiger partial charge >= 0.3 is 0 Å². The molecule has 22 heavy (non-hydrogen) atoms. The first-order valence-electron chi connectivity index (χ1n) is 8.84. The van der Waals surface area contributed by atoms with Crippen molar-refractivity contribution in [1.29, 1.82) is 0 Å². The number of halogens is 1. The molecule has 4 nitrogen and oxygen atoms in total. The van der Waals surface area contributed by atoms with Crippen molar-refractivity contribution in [3.05, 3.63) is 0 Å². The van der Waals surface area contributed by atoms with Gasteiger partial charge in [0.2, 0.25) is 0 Å². The lowest BCUT2D eigenvalue weighted by atomic mass is 10.1. The second-order valence-corrected chi connectivity index (χ2v) is 7.63. The average Bonchev–Trinajstić information content (AvgIpc) is 2.58. The molecule has 0 bridgehead atoms. The maximum absolute atomic E-state index is 9.91. The number of aliphatic hydroxyl groups is 2. The molecule has 1 aliphatic carbocycles. The van der Waals surface area contributed by atoms with E-state index in [1.807, 2.05) is 0 Å². The van der Waals surface area contributed by atoms with E-state index in [1.54, 1.807) is 0 Å². The van der Waals surface area contributed by atoms with Crippen LogP contribution in [0.25, 0.3) is 0 Å². The van der Waals surface area contributed by atoms with Crippen LogP contribution in [0.5, 0.6) is 0 Å². The van der Waals surface area contributed by atoms with Gasteiger partial charge < -0.3 is 19.7 Å². The second-order valence-electron chi connectivity index (χ2n) is 6.33. The highest BCUT2D eigenvalue weighted by atomic mass is 79.9. The van der Waals surface area contributed by atoms with Crippen molar-refractivity contribution >= 4 is 15.9 Å². The monoisotopic (exact) mass is 380 g/mol. The van der Waals surface area contributed by atoms with Crippen molar-refractivity contribution in [3.8, 4) is 0 Å². The number of alkyl halides is 1. The Morgan fingerprint density at radius 2 is 1.41 bits per heavy atom. The number of ether oxygens (including phenoxy) is 2. The van der Waals surface area contributed by atoms with Crippen LogP contribution in [-0.4, -0.2) is 53.7 Å². The Bertz CT molecular complexity index is 241. The summed E-state index contributed by atoms with van der Waals surface area (Å²) in [6.45, 7) is 1.04. The number of aliphatic hydroxyl groups excluding tert-OH is 2. The van der Waals surface area contributed by atoms with E-state index < -0.39 is 6.10 Å². The van der Waals surface area contributed by atoms with Gasteiger partial charge in [0.15, 0.2) is 0 Å². The van der Waals surface area contributed by atoms with E-state index in [1.165, 1.54) is 51.4 Å². The summed E-state index contributed by atoms with van der Waals surface area (Å²) in [4.78, 5) is -0.0668. The first kappa shape index (κ1) is 20.4. The summed E-state index contributed by atoms with van der Waals surface area (Å²) in [5.41, 5.74) is 0. The molecule has 0 radical (unpaired) electrons. The predicted molar refractivity (Wildman–Crippen MR) is 92.5 cm³/mol. The molecule has 1 fully saturated rings. The zero-order chi connectivity index (χ0) is 16.0. The fourth-order valence-corrected chi connectivity index (χ4v) is 2.98. The quantitative estimate of drug-likeness (QED) is 0.633. The van der Waals surface area contributed by atoms with Gasteiger partial charge in [-0.1, -0.05) is 67.3 Å². The summed E-state index contributed by atoms with van der Waals surface area (Å²) < 4.78 is 11.3. The molecule has 0 amide bonds. The number of rotatable bonds is 8. The van der Waals surface area contributed by atoms with Crippen LogP contribution in [0.15, 0.2) is 0 Å². The normalized spacial score (nSPS) is 22.0. The third-order valence-electron chi connectivity index (χ3n) is 4.13. The molecule has 2 N–H and O–H groups in total. The minimum Gasteiger partial charge on any atom is -0.395 e. The smallest absolute Gasteiger partial charge is 0.101 e. The Morgan fingerprint density at radius 1 is 0.864 bits per heavy atom. The molecule has 0 heterocycles. The standard InChI is InChI=1S/C17H33BrO4/c18-15(11-19)12-21-13-16(20)14-22-17-9-7-5-3-1-2-4-6-8-10-17/h15-17,19-20H,1-14H2. The highest BCUT2D eigenvalue weighted by molar-refractivity contribution is 9.09. The third kappa shape index (κ3) is 10.9. The van der Waals surface area contributed by atoms with E-state index in [4.69, 9.17) is 14.6 Å². The maximum Gasteiger partial charge on any atom is 0.101 e. The second kappa shape index (κ2) is 13.7. The van der Waals surface area contributed by atoms with Crippen molar-refractivity contribution in [2.45, 2.75) is 81.2 Å². The van der Waals surface area contributed by atoms with Crippen LogP contribution >= 0.6 is 15.9 Å². The molecular weight excluding hydrogens is 348 g/mol. The first-order chi connectivity index (χ1) is 10.7. The van der Waals surface area contributed by atoms with Gasteiger partial charge in [0.1, 0.15) is 6.10 Å². The first-order valence-corrected chi connectivity index (χ1v) is 9.76. The Labute approximate surface area is 143 Å². The van der Waals surface area contributed by atoms with E-state index >= 15 is 0 Å². The third-order valence-corrected chi connectivity index (χ3v) is 4.69. The summed E-state index contributed by atoms with van der Waals surface area (Å²) in [7, 11) is 0. The van der Waals surface area contributed by atoms with E-state index in [0.717, 1.165) is 12.8 Å². The molecule has 1 saturated carbocycles. The van der Waals surface area contributed by atoms with Crippen LogP contribution in [0.1, 0.15) is 64.2 Å². The summed E-state index contributed by atoms with van der Waals surface area (Å²) in [6.07, 6.45) is 12.5. The lowest BCUT2D eigenvalue weighted by molar-refractivity contribution is -0.0495. The lowest BCUT2D eigenvalue weighted by Crippen LogP contribution is -2.27. The van der Waals surface area contributed by atoms with Gasteiger partial charge in [-0.2, -0.15) is 0 Å². The summed E-state index contributed by atoms with van der Waals surface area (Å²) in [5, 5.41) is 18.8. The molecule has 2 unspecified atom stereocenters. The highest BCUT2D eigenvalue weighted by Gasteiger charge is 2.13. The molecular formula is C17H33BrO4. The van der Waals surface area contributed by atoms with Crippen LogP contribution in [-0.2, 0) is 9.47 Å². The molecule has 0 spiro atoms. The highest BCUT2D eigenvalue weighted by Crippen LogP contribution is 2.19. The van der Waals surface area contributed by atoms with E-state index in [9.17, 15) is 5.11 Å². The fraction of sp³-hybridized carbons (Fsp3) is 1.00. The van der Waals surface area contributed by atoms with Crippen LogP contribution in [0.2, 0.25) is 0 Å². The number of hydrogen-bond donors (Lipinski definition) is 2. The summed E-state index contributed by atoms with van der Waals surface area (Å²) >= 11 is 3.28. The molecule has 5 heteroatoms. The minimum atomic E-state index is -0.587. The molecule has 0 aromatic carbocycles. The molecule has 0 aromatic rings. The van der Waals surface area contributed by atoms with Gasteiger partial charge in [-0.3, -0.25) is 0 Å².